The number of rotatable bonds is 3. The number of halogens is 2. The first kappa shape index (κ1) is 15.6. The van der Waals surface area contributed by atoms with Crippen molar-refractivity contribution >= 4 is 29.1 Å². The zero-order valence-corrected chi connectivity index (χ0v) is 13.0. The van der Waals surface area contributed by atoms with Gasteiger partial charge in [0.25, 0.3) is 5.91 Å². The van der Waals surface area contributed by atoms with E-state index in [1.54, 1.807) is 23.1 Å². The first-order chi connectivity index (χ1) is 9.52. The highest BCUT2D eigenvalue weighted by atomic mass is 35.5. The van der Waals surface area contributed by atoms with Crippen LogP contribution in [0.3, 0.4) is 0 Å². The van der Waals surface area contributed by atoms with Gasteiger partial charge in [0.1, 0.15) is 0 Å². The van der Waals surface area contributed by atoms with Gasteiger partial charge in [-0.1, -0.05) is 23.2 Å². The van der Waals surface area contributed by atoms with E-state index >= 15 is 0 Å². The van der Waals surface area contributed by atoms with Crippen molar-refractivity contribution in [3.63, 3.8) is 0 Å². The van der Waals surface area contributed by atoms with Gasteiger partial charge >= 0.3 is 0 Å². The summed E-state index contributed by atoms with van der Waals surface area (Å²) >= 11 is 11.9. The van der Waals surface area contributed by atoms with Crippen molar-refractivity contribution in [1.29, 1.82) is 0 Å². The number of benzene rings is 1. The Bertz CT molecular complexity index is 485. The highest BCUT2D eigenvalue weighted by Crippen LogP contribution is 2.29. The molecule has 0 aliphatic heterocycles. The van der Waals surface area contributed by atoms with E-state index in [4.69, 9.17) is 28.3 Å². The number of carbonyl (C=O) groups excluding carboxylic acids is 1. The first-order valence-corrected chi connectivity index (χ1v) is 7.61. The normalized spacial score (nSPS) is 22.6. The maximum atomic E-state index is 12.5. The quantitative estimate of drug-likeness (QED) is 0.925. The fraction of sp³-hybridized carbons (Fsp3) is 0.533. The predicted molar refractivity (Wildman–Crippen MR) is 81.4 cm³/mol. The number of amides is 1. The number of nitrogens with zero attached hydrogens (tertiary/aromatic N) is 1. The van der Waals surface area contributed by atoms with Crippen molar-refractivity contribution in [3.05, 3.63) is 33.8 Å². The van der Waals surface area contributed by atoms with Gasteiger partial charge in [0.05, 0.1) is 10.6 Å². The molecule has 110 valence electrons. The Balaban J connectivity index is 2.05. The summed E-state index contributed by atoms with van der Waals surface area (Å²) in [6.07, 6.45) is 3.79. The summed E-state index contributed by atoms with van der Waals surface area (Å²) in [6, 6.07) is 5.16. The highest BCUT2D eigenvalue weighted by molar-refractivity contribution is 6.36. The van der Waals surface area contributed by atoms with Crippen LogP contribution < -0.4 is 0 Å². The van der Waals surface area contributed by atoms with Crippen LogP contribution in [0.5, 0.6) is 0 Å². The minimum Gasteiger partial charge on any atom is -0.396 e. The van der Waals surface area contributed by atoms with Crippen molar-refractivity contribution in [2.45, 2.75) is 31.7 Å². The lowest BCUT2D eigenvalue weighted by atomic mass is 9.86. The molecule has 3 nitrogen and oxygen atoms in total. The van der Waals surface area contributed by atoms with E-state index in [9.17, 15) is 4.79 Å². The summed E-state index contributed by atoms with van der Waals surface area (Å²) in [5.41, 5.74) is 0.489. The second kappa shape index (κ2) is 6.79. The van der Waals surface area contributed by atoms with Crippen LogP contribution in [-0.2, 0) is 0 Å². The highest BCUT2D eigenvalue weighted by Gasteiger charge is 2.27. The molecule has 0 bridgehead atoms. The molecule has 1 fully saturated rings. The fourth-order valence-electron chi connectivity index (χ4n) is 2.73. The van der Waals surface area contributed by atoms with Gasteiger partial charge in [0, 0.05) is 24.7 Å². The first-order valence-electron chi connectivity index (χ1n) is 6.86. The zero-order valence-electron chi connectivity index (χ0n) is 11.5. The molecular weight excluding hydrogens is 297 g/mol. The third kappa shape index (κ3) is 3.46. The fourth-order valence-corrected chi connectivity index (χ4v) is 3.22. The summed E-state index contributed by atoms with van der Waals surface area (Å²) < 4.78 is 0. The van der Waals surface area contributed by atoms with Crippen molar-refractivity contribution in [1.82, 2.24) is 4.90 Å². The molecule has 1 aliphatic carbocycles. The molecule has 0 saturated heterocycles. The number of carbonyl (C=O) groups is 1. The van der Waals surface area contributed by atoms with Crippen LogP contribution in [0.4, 0.5) is 0 Å². The standard InChI is InChI=1S/C15H19Cl2NO2/c1-18(12-5-2-10(9-19)3-6-12)15(20)13-7-4-11(16)8-14(13)17/h4,7-8,10,12,19H,2-3,5-6,9H2,1H3. The molecule has 1 aromatic carbocycles. The van der Waals surface area contributed by atoms with Gasteiger partial charge in [-0.2, -0.15) is 0 Å². The van der Waals surface area contributed by atoms with E-state index in [0.717, 1.165) is 25.7 Å². The van der Waals surface area contributed by atoms with Crippen LogP contribution in [-0.4, -0.2) is 35.6 Å². The van der Waals surface area contributed by atoms with Gasteiger partial charge in [-0.15, -0.1) is 0 Å². The third-order valence-electron chi connectivity index (χ3n) is 4.10. The van der Waals surface area contributed by atoms with E-state index in [2.05, 4.69) is 0 Å². The molecule has 2 rings (SSSR count). The summed E-state index contributed by atoms with van der Waals surface area (Å²) in [5, 5.41) is 10.1. The van der Waals surface area contributed by atoms with Gasteiger partial charge in [-0.05, 0) is 49.8 Å². The molecular formula is C15H19Cl2NO2. The SMILES string of the molecule is CN(C(=O)c1ccc(Cl)cc1Cl)C1CCC(CO)CC1. The maximum absolute atomic E-state index is 12.5. The van der Waals surface area contributed by atoms with Gasteiger partial charge in [-0.25, -0.2) is 0 Å². The molecule has 1 aromatic rings. The smallest absolute Gasteiger partial charge is 0.255 e. The third-order valence-corrected chi connectivity index (χ3v) is 4.65. The van der Waals surface area contributed by atoms with Gasteiger partial charge in [0.15, 0.2) is 0 Å². The Hall–Kier alpha value is -0.770. The summed E-state index contributed by atoms with van der Waals surface area (Å²) in [4.78, 5) is 14.2. The van der Waals surface area contributed by atoms with Gasteiger partial charge in [-0.3, -0.25) is 4.79 Å². The summed E-state index contributed by atoms with van der Waals surface area (Å²) in [5.74, 6) is 0.313. The van der Waals surface area contributed by atoms with Gasteiger partial charge in [0.2, 0.25) is 0 Å². The van der Waals surface area contributed by atoms with Crippen molar-refractivity contribution in [3.8, 4) is 0 Å². The van der Waals surface area contributed by atoms with Crippen LogP contribution in [0.2, 0.25) is 10.0 Å². The monoisotopic (exact) mass is 315 g/mol. The second-order valence-corrected chi connectivity index (χ2v) is 6.24. The Kier molecular flexibility index (Phi) is 5.30. The molecule has 1 N–H and O–H groups in total. The van der Waals surface area contributed by atoms with Crippen LogP contribution in [0, 0.1) is 5.92 Å². The molecule has 0 aromatic heterocycles. The van der Waals surface area contributed by atoms with Crippen LogP contribution >= 0.6 is 23.2 Å². The second-order valence-electron chi connectivity index (χ2n) is 5.40. The molecule has 0 unspecified atom stereocenters. The van der Waals surface area contributed by atoms with Crippen molar-refractivity contribution in [2.24, 2.45) is 5.92 Å². The zero-order chi connectivity index (χ0) is 14.7. The van der Waals surface area contributed by atoms with Gasteiger partial charge < -0.3 is 10.0 Å². The van der Waals surface area contributed by atoms with Crippen LogP contribution in [0.1, 0.15) is 36.0 Å². The van der Waals surface area contributed by atoms with E-state index < -0.39 is 0 Å². The maximum Gasteiger partial charge on any atom is 0.255 e. The summed E-state index contributed by atoms with van der Waals surface area (Å²) in [7, 11) is 1.82. The van der Waals surface area contributed by atoms with E-state index in [0.29, 0.717) is 21.5 Å². The van der Waals surface area contributed by atoms with E-state index in [1.165, 1.54) is 0 Å². The Morgan fingerprint density at radius 2 is 1.95 bits per heavy atom. The largest absolute Gasteiger partial charge is 0.396 e. The Labute approximate surface area is 129 Å². The molecule has 0 heterocycles. The lowest BCUT2D eigenvalue weighted by Gasteiger charge is -2.34. The van der Waals surface area contributed by atoms with Crippen molar-refractivity contribution < 1.29 is 9.90 Å². The Morgan fingerprint density at radius 3 is 2.50 bits per heavy atom. The molecule has 5 heteroatoms. The molecule has 1 aliphatic rings. The number of aliphatic hydroxyl groups excluding tert-OH is 1. The Morgan fingerprint density at radius 1 is 1.30 bits per heavy atom. The lowest BCUT2D eigenvalue weighted by Crippen LogP contribution is -2.40. The molecule has 20 heavy (non-hydrogen) atoms. The average molecular weight is 316 g/mol. The topological polar surface area (TPSA) is 40.5 Å². The molecule has 0 radical (unpaired) electrons. The van der Waals surface area contributed by atoms with Crippen molar-refractivity contribution in [2.75, 3.05) is 13.7 Å². The molecule has 1 saturated carbocycles. The van der Waals surface area contributed by atoms with Crippen LogP contribution in [0.25, 0.3) is 0 Å². The summed E-state index contributed by atoms with van der Waals surface area (Å²) in [6.45, 7) is 0.243. The minimum atomic E-state index is -0.0703. The van der Waals surface area contributed by atoms with E-state index in [1.807, 2.05) is 7.05 Å². The molecule has 0 spiro atoms. The van der Waals surface area contributed by atoms with E-state index in [-0.39, 0.29) is 18.6 Å². The van der Waals surface area contributed by atoms with Crippen LogP contribution in [0.15, 0.2) is 18.2 Å². The number of hydrogen-bond acceptors (Lipinski definition) is 2. The predicted octanol–water partition coefficient (Wildman–Crippen LogP) is 3.62. The minimum absolute atomic E-state index is 0.0703. The number of aliphatic hydroxyl groups is 1. The lowest BCUT2D eigenvalue weighted by molar-refractivity contribution is 0.0653. The molecule has 1 amide bonds. The number of hydrogen-bond donors (Lipinski definition) is 1. The average Bonchev–Trinajstić information content (AvgIpc) is 2.46. The molecule has 0 atom stereocenters.